The van der Waals surface area contributed by atoms with Gasteiger partial charge in [-0.05, 0) is 75.9 Å². The Hall–Kier alpha value is -1.87. The Bertz CT molecular complexity index is 827. The van der Waals surface area contributed by atoms with Crippen molar-refractivity contribution in [2.24, 2.45) is 0 Å². The van der Waals surface area contributed by atoms with E-state index in [-0.39, 0.29) is 61.7 Å². The van der Waals surface area contributed by atoms with Crippen LogP contribution in [0.4, 0.5) is 0 Å². The molecule has 2 aliphatic heterocycles. The van der Waals surface area contributed by atoms with Crippen molar-refractivity contribution in [2.75, 3.05) is 45.9 Å². The summed E-state index contributed by atoms with van der Waals surface area (Å²) in [6, 6.07) is 7.18. The minimum Gasteiger partial charge on any atom is -0.482 e. The van der Waals surface area contributed by atoms with Crippen molar-refractivity contribution >= 4 is 42.5 Å². The Labute approximate surface area is 219 Å². The van der Waals surface area contributed by atoms with Crippen molar-refractivity contribution in [3.8, 4) is 5.75 Å². The molecule has 1 aromatic carbocycles. The van der Waals surface area contributed by atoms with Crippen molar-refractivity contribution in [1.29, 1.82) is 0 Å². The summed E-state index contributed by atoms with van der Waals surface area (Å²) in [5.41, 5.74) is 0.528. The number of amides is 1. The number of ketones is 1. The van der Waals surface area contributed by atoms with Crippen LogP contribution in [-0.2, 0) is 14.3 Å². The number of rotatable bonds is 8. The molecule has 2 saturated heterocycles. The van der Waals surface area contributed by atoms with Crippen LogP contribution < -0.4 is 10.1 Å². The number of nitrogens with zero attached hydrogens (tertiary/aromatic N) is 2. The van der Waals surface area contributed by atoms with Crippen LogP contribution >= 0.6 is 24.8 Å². The second kappa shape index (κ2) is 14.6. The maximum Gasteiger partial charge on any atom is 0.344 e. The van der Waals surface area contributed by atoms with Crippen LogP contribution in [0.5, 0.6) is 5.75 Å². The molecule has 0 spiro atoms. The van der Waals surface area contributed by atoms with E-state index in [2.05, 4.69) is 10.2 Å². The minimum atomic E-state index is -0.357. The zero-order valence-corrected chi connectivity index (χ0v) is 21.7. The van der Waals surface area contributed by atoms with Gasteiger partial charge in [0.15, 0.2) is 12.4 Å². The molecular weight excluding hydrogens is 493 g/mol. The monoisotopic (exact) mass is 529 g/mol. The Balaban J connectivity index is 0.00000216. The van der Waals surface area contributed by atoms with Crippen LogP contribution in [0, 0.1) is 0 Å². The van der Waals surface area contributed by atoms with E-state index in [4.69, 9.17) is 9.47 Å². The number of halogens is 2. The summed E-state index contributed by atoms with van der Waals surface area (Å²) < 4.78 is 11.0. The molecule has 0 aromatic heterocycles. The Morgan fingerprint density at radius 2 is 1.63 bits per heavy atom. The van der Waals surface area contributed by atoms with Gasteiger partial charge in [0.2, 0.25) is 5.91 Å². The molecule has 10 heteroatoms. The Morgan fingerprint density at radius 1 is 0.943 bits per heavy atom. The fraction of sp³-hybridized carbons (Fsp3) is 0.640. The van der Waals surface area contributed by atoms with E-state index in [9.17, 15) is 14.4 Å². The van der Waals surface area contributed by atoms with E-state index in [0.29, 0.717) is 30.4 Å². The highest BCUT2D eigenvalue weighted by atomic mass is 35.5. The van der Waals surface area contributed by atoms with Gasteiger partial charge in [0.25, 0.3) is 0 Å². The van der Waals surface area contributed by atoms with E-state index < -0.39 is 0 Å². The van der Waals surface area contributed by atoms with Gasteiger partial charge in [0.05, 0.1) is 13.1 Å². The van der Waals surface area contributed by atoms with Crippen LogP contribution in [0.25, 0.3) is 0 Å². The zero-order chi connectivity index (χ0) is 23.0. The smallest absolute Gasteiger partial charge is 0.344 e. The molecule has 1 aromatic rings. The highest BCUT2D eigenvalue weighted by molar-refractivity contribution is 5.99. The first kappa shape index (κ1) is 29.4. The van der Waals surface area contributed by atoms with E-state index in [1.165, 1.54) is 6.42 Å². The average Bonchev–Trinajstić information content (AvgIpc) is 2.85. The molecule has 1 amide bonds. The van der Waals surface area contributed by atoms with Gasteiger partial charge >= 0.3 is 5.97 Å². The van der Waals surface area contributed by atoms with Crippen LogP contribution in [-0.4, -0.2) is 85.5 Å². The van der Waals surface area contributed by atoms with Gasteiger partial charge in [-0.15, -0.1) is 24.8 Å². The third kappa shape index (κ3) is 8.63. The molecule has 1 saturated carbocycles. The number of Topliss-reactive ketones (excluding diaryl/α,β-unsaturated/α-hetero) is 1. The van der Waals surface area contributed by atoms with Gasteiger partial charge in [-0.3, -0.25) is 14.5 Å². The van der Waals surface area contributed by atoms with Gasteiger partial charge in [-0.25, -0.2) is 4.79 Å². The molecule has 196 valence electrons. The van der Waals surface area contributed by atoms with Gasteiger partial charge in [-0.1, -0.05) is 6.42 Å². The number of benzene rings is 1. The zero-order valence-electron chi connectivity index (χ0n) is 20.1. The molecule has 3 aliphatic rings. The lowest BCUT2D eigenvalue weighted by atomic mass is 9.98. The fourth-order valence-electron chi connectivity index (χ4n) is 4.92. The maximum atomic E-state index is 12.7. The number of hydrogen-bond donors (Lipinski definition) is 1. The molecule has 1 aliphatic carbocycles. The first-order valence-corrected chi connectivity index (χ1v) is 12.3. The largest absolute Gasteiger partial charge is 0.482 e. The summed E-state index contributed by atoms with van der Waals surface area (Å²) in [6.07, 6.45) is 7.42. The predicted octanol–water partition coefficient (Wildman–Crippen LogP) is 2.86. The summed E-state index contributed by atoms with van der Waals surface area (Å²) in [7, 11) is 0. The highest BCUT2D eigenvalue weighted by Gasteiger charge is 2.30. The molecule has 0 unspecified atom stereocenters. The second-order valence-electron chi connectivity index (χ2n) is 9.25. The molecular formula is C25H37Cl2N3O5. The molecule has 8 nitrogen and oxygen atoms in total. The van der Waals surface area contributed by atoms with Crippen LogP contribution in [0.2, 0.25) is 0 Å². The van der Waals surface area contributed by atoms with Gasteiger partial charge in [0, 0.05) is 24.7 Å². The van der Waals surface area contributed by atoms with E-state index >= 15 is 0 Å². The molecule has 4 rings (SSSR count). The number of carbonyl (C=O) groups is 3. The lowest BCUT2D eigenvalue weighted by Gasteiger charge is -2.40. The minimum absolute atomic E-state index is 0. The van der Waals surface area contributed by atoms with Gasteiger partial charge in [-0.2, -0.15) is 0 Å². The standard InChI is InChI=1S/C25H35N3O5.2ClH/c29-23(16-28-15-14-27(17-24(28)30)20-10-12-26-13-11-20)19-6-8-21(9-7-19)32-18-25(31)33-22-4-2-1-3-5-22;;/h6-9,20,22,26H,1-5,10-18H2;2*1H. The number of piperazine rings is 1. The van der Waals surface area contributed by atoms with Crippen molar-refractivity contribution in [2.45, 2.75) is 57.1 Å². The van der Waals surface area contributed by atoms with E-state index in [1.54, 1.807) is 29.2 Å². The fourth-order valence-corrected chi connectivity index (χ4v) is 4.92. The van der Waals surface area contributed by atoms with E-state index in [1.807, 2.05) is 0 Å². The lowest BCUT2D eigenvalue weighted by Crippen LogP contribution is -2.56. The summed E-state index contributed by atoms with van der Waals surface area (Å²) in [4.78, 5) is 41.2. The van der Waals surface area contributed by atoms with Crippen molar-refractivity contribution in [3.05, 3.63) is 29.8 Å². The number of esters is 1. The summed E-state index contributed by atoms with van der Waals surface area (Å²) in [5.74, 6) is 0.0782. The number of piperidine rings is 1. The Kier molecular flexibility index (Phi) is 12.3. The lowest BCUT2D eigenvalue weighted by molar-refractivity contribution is -0.152. The second-order valence-corrected chi connectivity index (χ2v) is 9.25. The molecule has 2 heterocycles. The SMILES string of the molecule is Cl.Cl.O=C(COc1ccc(C(=O)CN2CCN(C3CCNCC3)CC2=O)cc1)OC1CCCCC1. The highest BCUT2D eigenvalue weighted by Crippen LogP contribution is 2.21. The average molecular weight is 530 g/mol. The van der Waals surface area contributed by atoms with Crippen molar-refractivity contribution in [1.82, 2.24) is 15.1 Å². The molecule has 0 bridgehead atoms. The molecule has 35 heavy (non-hydrogen) atoms. The first-order valence-electron chi connectivity index (χ1n) is 12.3. The van der Waals surface area contributed by atoms with Crippen molar-refractivity contribution in [3.63, 3.8) is 0 Å². The number of ether oxygens (including phenoxy) is 2. The molecule has 3 fully saturated rings. The third-order valence-corrected chi connectivity index (χ3v) is 6.89. The number of hydrogen-bond acceptors (Lipinski definition) is 7. The molecule has 1 N–H and O–H groups in total. The number of carbonyl (C=O) groups excluding carboxylic acids is 3. The number of nitrogens with one attached hydrogen (secondary N) is 1. The van der Waals surface area contributed by atoms with Crippen LogP contribution in [0.15, 0.2) is 24.3 Å². The third-order valence-electron chi connectivity index (χ3n) is 6.89. The summed E-state index contributed by atoms with van der Waals surface area (Å²) in [6.45, 7) is 3.73. The molecule has 0 radical (unpaired) electrons. The Morgan fingerprint density at radius 3 is 2.29 bits per heavy atom. The summed E-state index contributed by atoms with van der Waals surface area (Å²) >= 11 is 0. The quantitative estimate of drug-likeness (QED) is 0.409. The van der Waals surface area contributed by atoms with Gasteiger partial charge in [0.1, 0.15) is 11.9 Å². The van der Waals surface area contributed by atoms with Crippen LogP contribution in [0.3, 0.4) is 0 Å². The van der Waals surface area contributed by atoms with Gasteiger partial charge < -0.3 is 19.7 Å². The topological polar surface area (TPSA) is 88.2 Å². The van der Waals surface area contributed by atoms with Crippen LogP contribution in [0.1, 0.15) is 55.3 Å². The van der Waals surface area contributed by atoms with Crippen molar-refractivity contribution < 1.29 is 23.9 Å². The molecule has 0 atom stereocenters. The maximum absolute atomic E-state index is 12.7. The van der Waals surface area contributed by atoms with E-state index in [0.717, 1.165) is 58.2 Å². The predicted molar refractivity (Wildman–Crippen MR) is 138 cm³/mol. The summed E-state index contributed by atoms with van der Waals surface area (Å²) in [5, 5.41) is 3.35. The normalized spacial score (nSPS) is 19.9. The first-order chi connectivity index (χ1) is 16.1.